The second kappa shape index (κ2) is 6.10. The maximum atomic E-state index is 10.1. The number of aromatic nitrogens is 1. The van der Waals surface area contributed by atoms with Crippen molar-refractivity contribution in [1.82, 2.24) is 10.3 Å². The molecule has 1 N–H and O–H groups in total. The molecule has 18 heavy (non-hydrogen) atoms. The largest absolute Gasteiger partial charge is 0.317 e. The molecule has 1 fully saturated rings. The first-order valence-corrected chi connectivity index (χ1v) is 6.92. The molecule has 7 heteroatoms. The molecular weight excluding hydrogens is 254 g/mol. The van der Waals surface area contributed by atoms with Crippen molar-refractivity contribution >= 4 is 11.3 Å². The SMILES string of the molecule is Cc1nc(C2CCNCC2)sc1CCO[N+](=O)[O-]. The van der Waals surface area contributed by atoms with Crippen LogP contribution in [0.3, 0.4) is 0 Å². The van der Waals surface area contributed by atoms with E-state index >= 15 is 0 Å². The Bertz CT molecular complexity index is 416. The van der Waals surface area contributed by atoms with Crippen LogP contribution in [0.25, 0.3) is 0 Å². The quantitative estimate of drug-likeness (QED) is 0.651. The first kappa shape index (κ1) is 13.2. The lowest BCUT2D eigenvalue weighted by molar-refractivity contribution is -0.757. The monoisotopic (exact) mass is 271 g/mol. The highest BCUT2D eigenvalue weighted by Gasteiger charge is 2.19. The number of hydrogen-bond donors (Lipinski definition) is 1. The number of piperidine rings is 1. The third-order valence-electron chi connectivity index (χ3n) is 3.12. The van der Waals surface area contributed by atoms with Crippen molar-refractivity contribution < 1.29 is 9.92 Å². The number of nitrogens with zero attached hydrogens (tertiary/aromatic N) is 2. The van der Waals surface area contributed by atoms with Crippen LogP contribution in [0.2, 0.25) is 0 Å². The molecule has 1 saturated heterocycles. The summed E-state index contributed by atoms with van der Waals surface area (Å²) in [5.41, 5.74) is 0.987. The second-order valence-electron chi connectivity index (χ2n) is 4.39. The van der Waals surface area contributed by atoms with E-state index in [0.717, 1.165) is 36.5 Å². The average molecular weight is 271 g/mol. The normalized spacial score (nSPS) is 16.7. The Morgan fingerprint density at radius 2 is 2.28 bits per heavy atom. The van der Waals surface area contributed by atoms with Gasteiger partial charge in [-0.25, -0.2) is 4.98 Å². The van der Waals surface area contributed by atoms with Gasteiger partial charge in [-0.15, -0.1) is 21.5 Å². The van der Waals surface area contributed by atoms with Crippen LogP contribution in [0.5, 0.6) is 0 Å². The summed E-state index contributed by atoms with van der Waals surface area (Å²) >= 11 is 1.68. The minimum absolute atomic E-state index is 0.113. The van der Waals surface area contributed by atoms with E-state index in [1.54, 1.807) is 11.3 Å². The Morgan fingerprint density at radius 3 is 2.94 bits per heavy atom. The van der Waals surface area contributed by atoms with Crippen molar-refractivity contribution in [2.45, 2.75) is 32.1 Å². The van der Waals surface area contributed by atoms with Gasteiger partial charge < -0.3 is 10.2 Å². The Morgan fingerprint density at radius 1 is 1.56 bits per heavy atom. The molecule has 1 aromatic heterocycles. The van der Waals surface area contributed by atoms with E-state index in [1.807, 2.05) is 6.92 Å². The average Bonchev–Trinajstić information content (AvgIpc) is 2.72. The molecule has 0 atom stereocenters. The molecule has 0 aromatic carbocycles. The van der Waals surface area contributed by atoms with Crippen LogP contribution in [0.1, 0.15) is 34.3 Å². The van der Waals surface area contributed by atoms with Crippen molar-refractivity contribution in [2.75, 3.05) is 19.7 Å². The molecule has 0 aliphatic carbocycles. The van der Waals surface area contributed by atoms with Gasteiger partial charge in [0, 0.05) is 17.2 Å². The first-order chi connectivity index (χ1) is 8.66. The fourth-order valence-electron chi connectivity index (χ4n) is 2.14. The predicted molar refractivity (Wildman–Crippen MR) is 68.3 cm³/mol. The van der Waals surface area contributed by atoms with Gasteiger partial charge in [0.2, 0.25) is 0 Å². The molecule has 0 amide bonds. The molecular formula is C11H17N3O3S. The van der Waals surface area contributed by atoms with Gasteiger partial charge in [0.15, 0.2) is 0 Å². The van der Waals surface area contributed by atoms with Crippen LogP contribution in [0.15, 0.2) is 0 Å². The van der Waals surface area contributed by atoms with Crippen LogP contribution < -0.4 is 5.32 Å². The van der Waals surface area contributed by atoms with Gasteiger partial charge in [-0.3, -0.25) is 0 Å². The minimum atomic E-state index is -0.746. The van der Waals surface area contributed by atoms with Gasteiger partial charge in [0.05, 0.1) is 10.7 Å². The number of aryl methyl sites for hydroxylation is 1. The summed E-state index contributed by atoms with van der Waals surface area (Å²) in [4.78, 5) is 20.1. The Balaban J connectivity index is 1.95. The molecule has 1 aliphatic heterocycles. The number of nitrogens with one attached hydrogen (secondary N) is 1. The van der Waals surface area contributed by atoms with E-state index in [9.17, 15) is 10.1 Å². The van der Waals surface area contributed by atoms with E-state index in [1.165, 1.54) is 5.01 Å². The lowest BCUT2D eigenvalue weighted by atomic mass is 9.99. The van der Waals surface area contributed by atoms with Crippen molar-refractivity contribution in [3.63, 3.8) is 0 Å². The first-order valence-electron chi connectivity index (χ1n) is 6.11. The van der Waals surface area contributed by atoms with Crippen LogP contribution in [0, 0.1) is 17.0 Å². The molecule has 0 spiro atoms. The zero-order valence-corrected chi connectivity index (χ0v) is 11.2. The number of thiazole rings is 1. The van der Waals surface area contributed by atoms with Crippen molar-refractivity contribution in [3.8, 4) is 0 Å². The highest BCUT2D eigenvalue weighted by atomic mass is 32.1. The molecule has 2 rings (SSSR count). The Kier molecular flexibility index (Phi) is 4.48. The second-order valence-corrected chi connectivity index (χ2v) is 5.51. The maximum Gasteiger partial charge on any atom is 0.294 e. The predicted octanol–water partition coefficient (Wildman–Crippen LogP) is 1.67. The van der Waals surface area contributed by atoms with Crippen molar-refractivity contribution in [3.05, 3.63) is 25.7 Å². The van der Waals surface area contributed by atoms with Crippen LogP contribution in [0.4, 0.5) is 0 Å². The third kappa shape index (κ3) is 3.39. The Hall–Kier alpha value is -1.21. The molecule has 0 saturated carbocycles. The van der Waals surface area contributed by atoms with Gasteiger partial charge >= 0.3 is 0 Å². The lowest BCUT2D eigenvalue weighted by Crippen LogP contribution is -2.26. The molecule has 6 nitrogen and oxygen atoms in total. The molecule has 1 aliphatic rings. The standard InChI is InChI=1S/C11H17N3O3S/c1-8-10(4-7-17-14(15)16)18-11(13-8)9-2-5-12-6-3-9/h9,12H,2-7H2,1H3. The van der Waals surface area contributed by atoms with E-state index in [4.69, 9.17) is 0 Å². The topological polar surface area (TPSA) is 77.3 Å². The molecule has 1 aromatic rings. The zero-order chi connectivity index (χ0) is 13.0. The van der Waals surface area contributed by atoms with Crippen LogP contribution >= 0.6 is 11.3 Å². The maximum absolute atomic E-state index is 10.1. The zero-order valence-electron chi connectivity index (χ0n) is 10.3. The fraction of sp³-hybridized carbons (Fsp3) is 0.727. The van der Waals surface area contributed by atoms with E-state index in [0.29, 0.717) is 12.3 Å². The van der Waals surface area contributed by atoms with E-state index in [-0.39, 0.29) is 6.61 Å². The summed E-state index contributed by atoms with van der Waals surface area (Å²) in [5.74, 6) is 0.542. The van der Waals surface area contributed by atoms with Gasteiger partial charge in [-0.05, 0) is 32.9 Å². The molecule has 0 bridgehead atoms. The molecule has 0 unspecified atom stereocenters. The van der Waals surface area contributed by atoms with Gasteiger partial charge in [-0.1, -0.05) is 0 Å². The van der Waals surface area contributed by atoms with Crippen LogP contribution in [-0.4, -0.2) is 29.8 Å². The Labute approximate surface area is 109 Å². The summed E-state index contributed by atoms with van der Waals surface area (Å²) < 4.78 is 0. The van der Waals surface area contributed by atoms with E-state index < -0.39 is 5.09 Å². The smallest absolute Gasteiger partial charge is 0.294 e. The van der Waals surface area contributed by atoms with Crippen LogP contribution in [-0.2, 0) is 11.3 Å². The van der Waals surface area contributed by atoms with Crippen molar-refractivity contribution in [2.24, 2.45) is 0 Å². The highest BCUT2D eigenvalue weighted by Crippen LogP contribution is 2.30. The highest BCUT2D eigenvalue weighted by molar-refractivity contribution is 7.11. The van der Waals surface area contributed by atoms with Crippen molar-refractivity contribution in [1.29, 1.82) is 0 Å². The summed E-state index contributed by atoms with van der Waals surface area (Å²) in [7, 11) is 0. The number of rotatable bonds is 5. The summed E-state index contributed by atoms with van der Waals surface area (Å²) in [6.45, 7) is 4.16. The fourth-order valence-corrected chi connectivity index (χ4v) is 3.35. The number of hydrogen-bond acceptors (Lipinski definition) is 6. The van der Waals surface area contributed by atoms with Gasteiger partial charge in [0.25, 0.3) is 5.09 Å². The molecule has 0 radical (unpaired) electrons. The third-order valence-corrected chi connectivity index (χ3v) is 4.50. The van der Waals surface area contributed by atoms with Gasteiger partial charge in [0.1, 0.15) is 6.61 Å². The molecule has 2 heterocycles. The summed E-state index contributed by atoms with van der Waals surface area (Å²) in [5, 5.41) is 13.9. The molecule has 100 valence electrons. The lowest BCUT2D eigenvalue weighted by Gasteiger charge is -2.20. The van der Waals surface area contributed by atoms with Gasteiger partial charge in [-0.2, -0.15) is 0 Å². The summed E-state index contributed by atoms with van der Waals surface area (Å²) in [6.07, 6.45) is 2.81. The summed E-state index contributed by atoms with van der Waals surface area (Å²) in [6, 6.07) is 0. The van der Waals surface area contributed by atoms with E-state index in [2.05, 4.69) is 15.1 Å². The minimum Gasteiger partial charge on any atom is -0.317 e.